The number of nitrogens with zero attached hydrogens (tertiary/aromatic N) is 4. The number of rotatable bonds is 8. The van der Waals surface area contributed by atoms with E-state index in [2.05, 4.69) is 54.8 Å². The fourth-order valence-electron chi connectivity index (χ4n) is 4.53. The highest BCUT2D eigenvalue weighted by atomic mass is 15.3. The van der Waals surface area contributed by atoms with Crippen molar-refractivity contribution in [3.63, 3.8) is 0 Å². The summed E-state index contributed by atoms with van der Waals surface area (Å²) < 4.78 is 1.89. The second-order valence-corrected chi connectivity index (χ2v) is 8.46. The molecule has 4 heteroatoms. The Hall–Kier alpha value is -3.16. The SMILES string of the molecule is C=C1CCc2c1ccc(CCN(CCC)Cc1cnn(-c3ccc(C#N)cc3)c1)c2C. The van der Waals surface area contributed by atoms with Gasteiger partial charge in [-0.25, -0.2) is 4.68 Å². The van der Waals surface area contributed by atoms with Gasteiger partial charge in [-0.1, -0.05) is 25.6 Å². The van der Waals surface area contributed by atoms with E-state index in [-0.39, 0.29) is 0 Å². The largest absolute Gasteiger partial charge is 0.299 e. The Morgan fingerprint density at radius 1 is 1.13 bits per heavy atom. The standard InChI is InChI=1S/C27H30N4/c1-4-14-30(15-13-24-8-12-26-20(2)5-11-27(26)21(24)3)18-23-17-29-31(19-23)25-9-6-22(16-28)7-10-25/h6-10,12,17,19H,2,4-5,11,13-15,18H2,1,3H3. The third kappa shape index (κ3) is 4.62. The molecule has 31 heavy (non-hydrogen) atoms. The van der Waals surface area contributed by atoms with Crippen LogP contribution in [-0.4, -0.2) is 27.8 Å². The van der Waals surface area contributed by atoms with Crippen molar-refractivity contribution in [2.24, 2.45) is 0 Å². The molecule has 0 saturated heterocycles. The Balaban J connectivity index is 1.42. The average molecular weight is 411 g/mol. The lowest BCUT2D eigenvalue weighted by molar-refractivity contribution is 0.269. The maximum Gasteiger partial charge on any atom is 0.0991 e. The van der Waals surface area contributed by atoms with Gasteiger partial charge >= 0.3 is 0 Å². The third-order valence-corrected chi connectivity index (χ3v) is 6.31. The van der Waals surface area contributed by atoms with Crippen LogP contribution >= 0.6 is 0 Å². The molecular weight excluding hydrogens is 380 g/mol. The molecule has 0 aliphatic heterocycles. The molecule has 0 unspecified atom stereocenters. The van der Waals surface area contributed by atoms with Crippen LogP contribution in [0.2, 0.25) is 0 Å². The van der Waals surface area contributed by atoms with E-state index in [0.29, 0.717) is 5.56 Å². The summed E-state index contributed by atoms with van der Waals surface area (Å²) in [5.74, 6) is 0. The molecule has 1 aliphatic rings. The first-order valence-electron chi connectivity index (χ1n) is 11.1. The van der Waals surface area contributed by atoms with Crippen molar-refractivity contribution in [1.29, 1.82) is 5.26 Å². The fraction of sp³-hybridized carbons (Fsp3) is 0.333. The Morgan fingerprint density at radius 3 is 2.68 bits per heavy atom. The first-order chi connectivity index (χ1) is 15.1. The quantitative estimate of drug-likeness (QED) is 0.495. The van der Waals surface area contributed by atoms with Gasteiger partial charge in [0.15, 0.2) is 0 Å². The Labute approximate surface area is 185 Å². The molecule has 0 saturated carbocycles. The van der Waals surface area contributed by atoms with Gasteiger partial charge in [0.25, 0.3) is 0 Å². The summed E-state index contributed by atoms with van der Waals surface area (Å²) in [6.07, 6.45) is 8.48. The van der Waals surface area contributed by atoms with Gasteiger partial charge in [0.2, 0.25) is 0 Å². The van der Waals surface area contributed by atoms with Crippen LogP contribution in [0.3, 0.4) is 0 Å². The summed E-state index contributed by atoms with van der Waals surface area (Å²) in [5, 5.41) is 13.5. The number of fused-ring (bicyclic) bond motifs is 1. The lowest BCUT2D eigenvalue weighted by Gasteiger charge is -2.22. The van der Waals surface area contributed by atoms with E-state index in [1.165, 1.54) is 33.4 Å². The first-order valence-corrected chi connectivity index (χ1v) is 11.1. The highest BCUT2D eigenvalue weighted by Gasteiger charge is 2.18. The van der Waals surface area contributed by atoms with Crippen molar-refractivity contribution in [2.45, 2.75) is 46.1 Å². The number of hydrogen-bond acceptors (Lipinski definition) is 3. The lowest BCUT2D eigenvalue weighted by Crippen LogP contribution is -2.26. The molecule has 0 N–H and O–H groups in total. The molecule has 1 heterocycles. The Morgan fingerprint density at radius 2 is 1.94 bits per heavy atom. The van der Waals surface area contributed by atoms with Crippen LogP contribution in [0.25, 0.3) is 11.3 Å². The van der Waals surface area contributed by atoms with E-state index in [0.717, 1.165) is 51.0 Å². The number of benzene rings is 2. The number of aromatic nitrogens is 2. The molecular formula is C27H30N4. The highest BCUT2D eigenvalue weighted by Crippen LogP contribution is 2.34. The van der Waals surface area contributed by atoms with Crippen molar-refractivity contribution in [3.8, 4) is 11.8 Å². The van der Waals surface area contributed by atoms with Crippen LogP contribution in [0.15, 0.2) is 55.4 Å². The summed E-state index contributed by atoms with van der Waals surface area (Å²) in [4.78, 5) is 2.52. The summed E-state index contributed by atoms with van der Waals surface area (Å²) in [5.41, 5.74) is 9.94. The molecule has 1 aliphatic carbocycles. The van der Waals surface area contributed by atoms with Crippen LogP contribution < -0.4 is 0 Å². The van der Waals surface area contributed by atoms with Crippen molar-refractivity contribution in [2.75, 3.05) is 13.1 Å². The topological polar surface area (TPSA) is 44.9 Å². The minimum Gasteiger partial charge on any atom is -0.299 e. The third-order valence-electron chi connectivity index (χ3n) is 6.31. The first kappa shape index (κ1) is 21.1. The zero-order chi connectivity index (χ0) is 21.8. The van der Waals surface area contributed by atoms with Crippen LogP contribution in [0.5, 0.6) is 0 Å². The number of nitriles is 1. The maximum absolute atomic E-state index is 8.98. The Kier molecular flexibility index (Phi) is 6.34. The molecule has 0 fully saturated rings. The lowest BCUT2D eigenvalue weighted by atomic mass is 9.96. The van der Waals surface area contributed by atoms with Gasteiger partial charge in [-0.3, -0.25) is 4.90 Å². The van der Waals surface area contributed by atoms with Crippen LogP contribution in [0.1, 0.15) is 53.1 Å². The minimum absolute atomic E-state index is 0.663. The van der Waals surface area contributed by atoms with Gasteiger partial charge in [-0.15, -0.1) is 0 Å². The predicted octanol–water partition coefficient (Wildman–Crippen LogP) is 5.47. The van der Waals surface area contributed by atoms with E-state index >= 15 is 0 Å². The normalized spacial score (nSPS) is 12.9. The monoisotopic (exact) mass is 410 g/mol. The molecule has 0 bridgehead atoms. The zero-order valence-corrected chi connectivity index (χ0v) is 18.6. The molecule has 158 valence electrons. The van der Waals surface area contributed by atoms with Crippen molar-refractivity contribution < 1.29 is 0 Å². The molecule has 0 amide bonds. The zero-order valence-electron chi connectivity index (χ0n) is 18.6. The van der Waals surface area contributed by atoms with E-state index in [1.807, 2.05) is 35.1 Å². The smallest absolute Gasteiger partial charge is 0.0991 e. The minimum atomic E-state index is 0.663. The van der Waals surface area contributed by atoms with Gasteiger partial charge in [0.1, 0.15) is 0 Å². The molecule has 0 radical (unpaired) electrons. The predicted molar refractivity (Wildman–Crippen MR) is 126 cm³/mol. The van der Waals surface area contributed by atoms with E-state index in [4.69, 9.17) is 5.26 Å². The molecule has 0 spiro atoms. The molecule has 3 aromatic rings. The second-order valence-electron chi connectivity index (χ2n) is 8.46. The molecule has 4 nitrogen and oxygen atoms in total. The van der Waals surface area contributed by atoms with E-state index in [1.54, 1.807) is 0 Å². The van der Waals surface area contributed by atoms with E-state index < -0.39 is 0 Å². The molecule has 1 aromatic heterocycles. The highest BCUT2D eigenvalue weighted by molar-refractivity contribution is 5.72. The summed E-state index contributed by atoms with van der Waals surface area (Å²) in [6, 6.07) is 14.3. The van der Waals surface area contributed by atoms with Gasteiger partial charge in [0.05, 0.1) is 23.5 Å². The Bertz CT molecular complexity index is 1120. The molecule has 4 rings (SSSR count). The second kappa shape index (κ2) is 9.32. The maximum atomic E-state index is 8.98. The van der Waals surface area contributed by atoms with Gasteiger partial charge in [-0.2, -0.15) is 10.4 Å². The van der Waals surface area contributed by atoms with Gasteiger partial charge in [-0.05, 0) is 91.2 Å². The van der Waals surface area contributed by atoms with Crippen molar-refractivity contribution in [3.05, 3.63) is 88.8 Å². The van der Waals surface area contributed by atoms with Crippen LogP contribution in [0.4, 0.5) is 0 Å². The van der Waals surface area contributed by atoms with Crippen molar-refractivity contribution in [1.82, 2.24) is 14.7 Å². The summed E-state index contributed by atoms with van der Waals surface area (Å²) in [7, 11) is 0. The average Bonchev–Trinajstić information content (AvgIpc) is 3.40. The molecule has 2 aromatic carbocycles. The van der Waals surface area contributed by atoms with Crippen LogP contribution in [0, 0.1) is 18.3 Å². The fourth-order valence-corrected chi connectivity index (χ4v) is 4.53. The molecule has 0 atom stereocenters. The number of allylic oxidation sites excluding steroid dienone is 1. The van der Waals surface area contributed by atoms with Gasteiger partial charge in [0, 0.05) is 24.8 Å². The summed E-state index contributed by atoms with van der Waals surface area (Å²) in [6.45, 7) is 11.7. The van der Waals surface area contributed by atoms with E-state index in [9.17, 15) is 0 Å². The van der Waals surface area contributed by atoms with Gasteiger partial charge < -0.3 is 0 Å². The van der Waals surface area contributed by atoms with Crippen LogP contribution in [-0.2, 0) is 19.4 Å². The number of hydrogen-bond donors (Lipinski definition) is 0. The summed E-state index contributed by atoms with van der Waals surface area (Å²) >= 11 is 0. The van der Waals surface area contributed by atoms with Crippen molar-refractivity contribution >= 4 is 5.57 Å².